The molecule has 0 saturated heterocycles. The van der Waals surface area contributed by atoms with Gasteiger partial charge in [0.25, 0.3) is 0 Å². The Balaban J connectivity index is 3.85. The Bertz CT molecular complexity index is 858. The molecule has 0 aromatic rings. The number of carbonyl (C=O) groups excluding carboxylic acids is 1. The van der Waals surface area contributed by atoms with Gasteiger partial charge in [-0.15, -0.1) is 0 Å². The third kappa shape index (κ3) is 44.2. The summed E-state index contributed by atoms with van der Waals surface area (Å²) in [4.78, 5) is 22.5. The highest BCUT2D eigenvalue weighted by atomic mass is 31.2. The zero-order chi connectivity index (χ0) is 40.2. The maximum atomic E-state index is 12.6. The summed E-state index contributed by atoms with van der Waals surface area (Å²) in [5.41, 5.74) is 5.37. The van der Waals surface area contributed by atoms with Crippen LogP contribution in [0.25, 0.3) is 0 Å². The van der Waals surface area contributed by atoms with E-state index in [4.69, 9.17) is 24.3 Å². The summed E-state index contributed by atoms with van der Waals surface area (Å²) in [6, 6.07) is 0. The monoisotopic (exact) mass is 802 g/mol. The summed E-state index contributed by atoms with van der Waals surface area (Å²) in [7, 11) is -4.27. The van der Waals surface area contributed by atoms with Crippen molar-refractivity contribution < 1.29 is 32.8 Å². The van der Waals surface area contributed by atoms with Crippen LogP contribution in [-0.4, -0.2) is 49.9 Å². The van der Waals surface area contributed by atoms with E-state index in [1.54, 1.807) is 0 Å². The van der Waals surface area contributed by atoms with Crippen molar-refractivity contribution in [3.05, 3.63) is 12.2 Å². The van der Waals surface area contributed by atoms with Crippen molar-refractivity contribution in [3.8, 4) is 0 Å². The van der Waals surface area contributed by atoms with Crippen molar-refractivity contribution in [3.63, 3.8) is 0 Å². The van der Waals surface area contributed by atoms with Crippen LogP contribution in [0.2, 0.25) is 0 Å². The van der Waals surface area contributed by atoms with Gasteiger partial charge < -0.3 is 20.1 Å². The van der Waals surface area contributed by atoms with Crippen molar-refractivity contribution in [1.29, 1.82) is 0 Å². The number of ether oxygens (including phenoxy) is 2. The highest BCUT2D eigenvalue weighted by Crippen LogP contribution is 2.43. The van der Waals surface area contributed by atoms with Gasteiger partial charge in [0.15, 0.2) is 0 Å². The first-order valence-corrected chi connectivity index (χ1v) is 25.2. The van der Waals surface area contributed by atoms with E-state index in [-0.39, 0.29) is 32.3 Å². The lowest BCUT2D eigenvalue weighted by Gasteiger charge is -2.20. The third-order valence-electron chi connectivity index (χ3n) is 10.4. The number of hydrogen-bond acceptors (Lipinski definition) is 7. The Morgan fingerprint density at radius 1 is 0.527 bits per heavy atom. The summed E-state index contributed by atoms with van der Waals surface area (Å²) in [5.74, 6) is -0.326. The van der Waals surface area contributed by atoms with Crippen molar-refractivity contribution in [1.82, 2.24) is 0 Å². The van der Waals surface area contributed by atoms with Gasteiger partial charge in [0.05, 0.1) is 19.8 Å². The molecule has 8 nitrogen and oxygen atoms in total. The van der Waals surface area contributed by atoms with Crippen molar-refractivity contribution in [2.45, 2.75) is 245 Å². The van der Waals surface area contributed by atoms with E-state index in [9.17, 15) is 14.3 Å². The molecule has 0 aromatic carbocycles. The topological polar surface area (TPSA) is 117 Å². The standard InChI is InChI=1S/C46H92NO7P/c1-3-5-7-9-11-13-15-16-17-18-19-20-21-22-23-24-25-26-27-28-29-31-33-35-37-39-46(48)54-45(44-53-55(49,50)52-42-40-47)43-51-41-38-36-34-32-30-14-12-10-8-6-4-2/h18-19,45H,3-17,20-44,47H2,1-2H3,(H,49,50)/b19-18-. The highest BCUT2D eigenvalue weighted by Gasteiger charge is 2.25. The second-order valence-corrected chi connectivity index (χ2v) is 17.4. The molecule has 0 aromatic heterocycles. The molecule has 0 amide bonds. The molecule has 0 saturated carbocycles. The minimum atomic E-state index is -4.27. The molecule has 0 spiro atoms. The molecule has 55 heavy (non-hydrogen) atoms. The van der Waals surface area contributed by atoms with E-state index < -0.39 is 13.9 Å². The lowest BCUT2D eigenvalue weighted by atomic mass is 10.0. The minimum Gasteiger partial charge on any atom is -0.457 e. The number of hydrogen-bond donors (Lipinski definition) is 2. The summed E-state index contributed by atoms with van der Waals surface area (Å²) < 4.78 is 33.4. The number of carbonyl (C=O) groups is 1. The predicted octanol–water partition coefficient (Wildman–Crippen LogP) is 14.3. The zero-order valence-electron chi connectivity index (χ0n) is 36.4. The van der Waals surface area contributed by atoms with Crippen LogP contribution < -0.4 is 5.73 Å². The van der Waals surface area contributed by atoms with Gasteiger partial charge >= 0.3 is 13.8 Å². The Morgan fingerprint density at radius 2 is 0.909 bits per heavy atom. The first kappa shape index (κ1) is 54.2. The average Bonchev–Trinajstić information content (AvgIpc) is 3.17. The molecular weight excluding hydrogens is 709 g/mol. The Hall–Kier alpha value is -0.760. The summed E-state index contributed by atoms with van der Waals surface area (Å²) in [6.45, 7) is 4.96. The predicted molar refractivity (Wildman–Crippen MR) is 234 cm³/mol. The first-order chi connectivity index (χ1) is 26.9. The number of phosphoric ester groups is 1. The maximum absolute atomic E-state index is 12.6. The van der Waals surface area contributed by atoms with E-state index in [0.717, 1.165) is 32.1 Å². The smallest absolute Gasteiger partial charge is 0.457 e. The largest absolute Gasteiger partial charge is 0.472 e. The molecule has 2 unspecified atom stereocenters. The lowest BCUT2D eigenvalue weighted by molar-refractivity contribution is -0.154. The molecule has 0 fully saturated rings. The second kappa shape index (κ2) is 44.3. The van der Waals surface area contributed by atoms with Crippen LogP contribution in [0.3, 0.4) is 0 Å². The van der Waals surface area contributed by atoms with E-state index in [1.807, 2.05) is 0 Å². The van der Waals surface area contributed by atoms with Gasteiger partial charge in [0.1, 0.15) is 6.10 Å². The molecule has 328 valence electrons. The fraction of sp³-hybridized carbons (Fsp3) is 0.935. The van der Waals surface area contributed by atoms with Crippen LogP contribution in [0.1, 0.15) is 239 Å². The van der Waals surface area contributed by atoms with Gasteiger partial charge in [-0.05, 0) is 38.5 Å². The lowest BCUT2D eigenvalue weighted by Crippen LogP contribution is -2.28. The van der Waals surface area contributed by atoms with Crippen molar-refractivity contribution in [2.75, 3.05) is 33.0 Å². The molecule has 2 atom stereocenters. The van der Waals surface area contributed by atoms with Gasteiger partial charge in [-0.25, -0.2) is 4.57 Å². The summed E-state index contributed by atoms with van der Waals surface area (Å²) in [6.07, 6.45) is 48.1. The van der Waals surface area contributed by atoms with Gasteiger partial charge in [-0.3, -0.25) is 13.8 Å². The number of nitrogens with two attached hydrogens (primary N) is 1. The molecule has 0 aliphatic carbocycles. The molecule has 0 heterocycles. The van der Waals surface area contributed by atoms with Crippen LogP contribution in [0.15, 0.2) is 12.2 Å². The Morgan fingerprint density at radius 3 is 1.33 bits per heavy atom. The average molecular weight is 802 g/mol. The molecular formula is C46H92NO7P. The Kier molecular flexibility index (Phi) is 43.7. The summed E-state index contributed by atoms with van der Waals surface area (Å²) in [5, 5.41) is 0. The molecule has 0 aliphatic heterocycles. The number of phosphoric acid groups is 1. The normalized spacial score (nSPS) is 13.5. The van der Waals surface area contributed by atoms with Gasteiger partial charge in [0, 0.05) is 19.6 Å². The van der Waals surface area contributed by atoms with Gasteiger partial charge in [-0.1, -0.05) is 206 Å². The van der Waals surface area contributed by atoms with Crippen LogP contribution in [-0.2, 0) is 27.9 Å². The number of unbranched alkanes of at least 4 members (excludes halogenated alkanes) is 31. The van der Waals surface area contributed by atoms with Crippen LogP contribution in [0.5, 0.6) is 0 Å². The third-order valence-corrected chi connectivity index (χ3v) is 11.4. The SMILES string of the molecule is CCCCCCCCCC/C=C\CCCCCCCCCCCCCCCC(=O)OC(COCCCCCCCCCCCCC)COP(=O)(O)OCCN. The Labute approximate surface area is 341 Å². The van der Waals surface area contributed by atoms with E-state index >= 15 is 0 Å². The molecule has 3 N–H and O–H groups in total. The maximum Gasteiger partial charge on any atom is 0.472 e. The van der Waals surface area contributed by atoms with Crippen LogP contribution in [0.4, 0.5) is 0 Å². The highest BCUT2D eigenvalue weighted by molar-refractivity contribution is 7.47. The number of esters is 1. The zero-order valence-corrected chi connectivity index (χ0v) is 37.3. The fourth-order valence-electron chi connectivity index (χ4n) is 6.93. The van der Waals surface area contributed by atoms with Crippen LogP contribution >= 0.6 is 7.82 Å². The number of allylic oxidation sites excluding steroid dienone is 2. The van der Waals surface area contributed by atoms with Crippen molar-refractivity contribution in [2.24, 2.45) is 5.73 Å². The quantitative estimate of drug-likeness (QED) is 0.0270. The number of rotatable bonds is 46. The minimum absolute atomic E-state index is 0.0918. The second-order valence-electron chi connectivity index (χ2n) is 16.0. The first-order valence-electron chi connectivity index (χ1n) is 23.7. The van der Waals surface area contributed by atoms with E-state index in [2.05, 4.69) is 26.0 Å². The van der Waals surface area contributed by atoms with E-state index in [1.165, 1.54) is 186 Å². The van der Waals surface area contributed by atoms with Gasteiger partial charge in [-0.2, -0.15) is 0 Å². The molecule has 9 heteroatoms. The van der Waals surface area contributed by atoms with Crippen LogP contribution in [0, 0.1) is 0 Å². The summed E-state index contributed by atoms with van der Waals surface area (Å²) >= 11 is 0. The molecule has 0 radical (unpaired) electrons. The molecule has 0 bridgehead atoms. The molecule has 0 aliphatic rings. The van der Waals surface area contributed by atoms with Crippen molar-refractivity contribution >= 4 is 13.8 Å². The fourth-order valence-corrected chi connectivity index (χ4v) is 7.70. The molecule has 0 rings (SSSR count). The van der Waals surface area contributed by atoms with E-state index in [0.29, 0.717) is 13.0 Å². The van der Waals surface area contributed by atoms with Gasteiger partial charge in [0.2, 0.25) is 0 Å².